The van der Waals surface area contributed by atoms with E-state index >= 15 is 0 Å². The van der Waals surface area contributed by atoms with Crippen molar-refractivity contribution in [2.24, 2.45) is 5.92 Å². The minimum Gasteiger partial charge on any atom is -0.342 e. The van der Waals surface area contributed by atoms with Crippen molar-refractivity contribution in [3.05, 3.63) is 70.7 Å². The Kier molecular flexibility index (Phi) is 6.66. The molecule has 7 heteroatoms. The highest BCUT2D eigenvalue weighted by Crippen LogP contribution is 2.18. The number of nitrogens with zero attached hydrogens (tertiary/aromatic N) is 1. The molecule has 1 aliphatic heterocycles. The van der Waals surface area contributed by atoms with Gasteiger partial charge in [0.2, 0.25) is 11.8 Å². The number of likely N-dealkylation sites (tertiary alicyclic amines) is 1. The van der Waals surface area contributed by atoms with Gasteiger partial charge >= 0.3 is 0 Å². The maximum absolute atomic E-state index is 12.5. The van der Waals surface area contributed by atoms with Crippen LogP contribution < -0.4 is 10.9 Å². The van der Waals surface area contributed by atoms with Gasteiger partial charge in [-0.1, -0.05) is 41.9 Å². The monoisotopic (exact) mass is 399 g/mol. The number of hydrogen-bond acceptors (Lipinski definition) is 3. The number of carbonyl (C=O) groups is 3. The minimum atomic E-state index is -0.419. The van der Waals surface area contributed by atoms with Gasteiger partial charge in [0.1, 0.15) is 0 Å². The summed E-state index contributed by atoms with van der Waals surface area (Å²) in [6.45, 7) is 1.00. The van der Waals surface area contributed by atoms with Crippen LogP contribution >= 0.6 is 11.6 Å². The van der Waals surface area contributed by atoms with Gasteiger partial charge in [0.15, 0.2) is 0 Å². The number of carbonyl (C=O) groups excluding carboxylic acids is 3. The lowest BCUT2D eigenvalue weighted by Crippen LogP contribution is -2.50. The van der Waals surface area contributed by atoms with Gasteiger partial charge in [-0.15, -0.1) is 0 Å². The summed E-state index contributed by atoms with van der Waals surface area (Å²) in [5.74, 6) is -1.05. The molecule has 3 rings (SSSR count). The summed E-state index contributed by atoms with van der Waals surface area (Å²) in [4.78, 5) is 38.8. The molecule has 0 aromatic heterocycles. The van der Waals surface area contributed by atoms with Gasteiger partial charge in [0, 0.05) is 23.7 Å². The smallest absolute Gasteiger partial charge is 0.269 e. The largest absolute Gasteiger partial charge is 0.342 e. The van der Waals surface area contributed by atoms with Gasteiger partial charge in [-0.25, -0.2) is 0 Å². The molecular weight excluding hydrogens is 378 g/mol. The van der Waals surface area contributed by atoms with Crippen LogP contribution in [-0.2, 0) is 16.0 Å². The van der Waals surface area contributed by atoms with E-state index in [-0.39, 0.29) is 17.7 Å². The first-order valence-corrected chi connectivity index (χ1v) is 9.58. The Morgan fingerprint density at radius 1 is 1.00 bits per heavy atom. The SMILES string of the molecule is O=C(NNC(=O)C1CCCN(C(=O)Cc2ccccc2)C1)c1ccc(Cl)cc1. The Labute approximate surface area is 168 Å². The molecule has 2 aromatic rings. The molecule has 0 spiro atoms. The predicted octanol–water partition coefficient (Wildman–Crippen LogP) is 2.58. The summed E-state index contributed by atoms with van der Waals surface area (Å²) in [6, 6.07) is 15.9. The molecule has 1 aliphatic rings. The molecule has 146 valence electrons. The van der Waals surface area contributed by atoms with Crippen LogP contribution in [0.2, 0.25) is 5.02 Å². The molecule has 1 atom stereocenters. The van der Waals surface area contributed by atoms with Gasteiger partial charge in [-0.3, -0.25) is 25.2 Å². The Morgan fingerprint density at radius 3 is 2.43 bits per heavy atom. The Hall–Kier alpha value is -2.86. The van der Waals surface area contributed by atoms with Crippen molar-refractivity contribution < 1.29 is 14.4 Å². The molecule has 28 heavy (non-hydrogen) atoms. The highest BCUT2D eigenvalue weighted by Gasteiger charge is 2.28. The van der Waals surface area contributed by atoms with E-state index in [1.807, 2.05) is 30.3 Å². The topological polar surface area (TPSA) is 78.5 Å². The average Bonchev–Trinajstić information content (AvgIpc) is 2.73. The van der Waals surface area contributed by atoms with Gasteiger partial charge in [-0.05, 0) is 42.7 Å². The number of rotatable bonds is 4. The quantitative estimate of drug-likeness (QED) is 0.775. The molecule has 3 amide bonds. The van der Waals surface area contributed by atoms with E-state index < -0.39 is 5.91 Å². The fraction of sp³-hybridized carbons (Fsp3) is 0.286. The van der Waals surface area contributed by atoms with Crippen molar-refractivity contribution in [3.63, 3.8) is 0 Å². The van der Waals surface area contributed by atoms with Crippen LogP contribution in [0.15, 0.2) is 54.6 Å². The molecule has 1 saturated heterocycles. The third kappa shape index (κ3) is 5.33. The van der Waals surface area contributed by atoms with E-state index in [1.54, 1.807) is 29.2 Å². The van der Waals surface area contributed by atoms with Crippen molar-refractivity contribution in [1.29, 1.82) is 0 Å². The predicted molar refractivity (Wildman–Crippen MR) is 107 cm³/mol. The lowest BCUT2D eigenvalue weighted by molar-refractivity contribution is -0.135. The number of nitrogens with one attached hydrogen (secondary N) is 2. The van der Waals surface area contributed by atoms with Gasteiger partial charge < -0.3 is 4.90 Å². The van der Waals surface area contributed by atoms with E-state index in [0.29, 0.717) is 36.5 Å². The van der Waals surface area contributed by atoms with Crippen LogP contribution in [0, 0.1) is 5.92 Å². The van der Waals surface area contributed by atoms with Crippen LogP contribution in [0.3, 0.4) is 0 Å². The second-order valence-electron chi connectivity index (χ2n) is 6.79. The summed E-state index contributed by atoms with van der Waals surface area (Å²) >= 11 is 5.80. The zero-order valence-corrected chi connectivity index (χ0v) is 16.1. The maximum Gasteiger partial charge on any atom is 0.269 e. The van der Waals surface area contributed by atoms with Crippen molar-refractivity contribution in [1.82, 2.24) is 15.8 Å². The molecule has 1 fully saturated rings. The van der Waals surface area contributed by atoms with Crippen LogP contribution in [-0.4, -0.2) is 35.7 Å². The zero-order chi connectivity index (χ0) is 19.9. The number of piperidine rings is 1. The lowest BCUT2D eigenvalue weighted by Gasteiger charge is -2.32. The fourth-order valence-electron chi connectivity index (χ4n) is 3.19. The summed E-state index contributed by atoms with van der Waals surface area (Å²) in [5.41, 5.74) is 6.23. The van der Waals surface area contributed by atoms with Crippen molar-refractivity contribution >= 4 is 29.3 Å². The normalized spacial score (nSPS) is 16.3. The van der Waals surface area contributed by atoms with Gasteiger partial charge in [0.25, 0.3) is 5.91 Å². The van der Waals surface area contributed by atoms with Crippen LogP contribution in [0.1, 0.15) is 28.8 Å². The Bertz CT molecular complexity index is 840. The number of halogens is 1. The Balaban J connectivity index is 1.50. The standard InChI is InChI=1S/C21H22ClN3O3/c22-18-10-8-16(9-11-18)20(27)23-24-21(28)17-7-4-12-25(14-17)19(26)13-15-5-2-1-3-6-15/h1-3,5-6,8-11,17H,4,7,12-14H2,(H,23,27)(H,24,28). The van der Waals surface area contributed by atoms with Crippen LogP contribution in [0.25, 0.3) is 0 Å². The molecule has 6 nitrogen and oxygen atoms in total. The summed E-state index contributed by atoms with van der Waals surface area (Å²) < 4.78 is 0. The number of hydrazine groups is 1. The molecule has 0 radical (unpaired) electrons. The molecule has 2 N–H and O–H groups in total. The van der Waals surface area contributed by atoms with Crippen molar-refractivity contribution in [2.75, 3.05) is 13.1 Å². The van der Waals surface area contributed by atoms with Gasteiger partial charge in [0.05, 0.1) is 12.3 Å². The fourth-order valence-corrected chi connectivity index (χ4v) is 3.32. The molecule has 1 heterocycles. The summed E-state index contributed by atoms with van der Waals surface area (Å²) in [5, 5.41) is 0.531. The molecule has 0 bridgehead atoms. The highest BCUT2D eigenvalue weighted by molar-refractivity contribution is 6.30. The maximum atomic E-state index is 12.5. The molecule has 0 saturated carbocycles. The lowest BCUT2D eigenvalue weighted by atomic mass is 9.97. The number of amides is 3. The van der Waals surface area contributed by atoms with E-state index in [4.69, 9.17) is 11.6 Å². The van der Waals surface area contributed by atoms with E-state index in [0.717, 1.165) is 12.0 Å². The highest BCUT2D eigenvalue weighted by atomic mass is 35.5. The molecule has 0 aliphatic carbocycles. The molecular formula is C21H22ClN3O3. The summed E-state index contributed by atoms with van der Waals surface area (Å²) in [6.07, 6.45) is 1.75. The molecule has 2 aromatic carbocycles. The van der Waals surface area contributed by atoms with E-state index in [2.05, 4.69) is 10.9 Å². The van der Waals surface area contributed by atoms with Crippen molar-refractivity contribution in [3.8, 4) is 0 Å². The zero-order valence-electron chi connectivity index (χ0n) is 15.4. The van der Waals surface area contributed by atoms with E-state index in [9.17, 15) is 14.4 Å². The van der Waals surface area contributed by atoms with Crippen molar-refractivity contribution in [2.45, 2.75) is 19.3 Å². The second-order valence-corrected chi connectivity index (χ2v) is 7.23. The molecule has 1 unspecified atom stereocenters. The second kappa shape index (κ2) is 9.37. The van der Waals surface area contributed by atoms with E-state index in [1.165, 1.54) is 0 Å². The van der Waals surface area contributed by atoms with Crippen LogP contribution in [0.5, 0.6) is 0 Å². The third-order valence-electron chi connectivity index (χ3n) is 4.75. The first kappa shape index (κ1) is 19.9. The average molecular weight is 400 g/mol. The first-order chi connectivity index (χ1) is 13.5. The number of hydrogen-bond donors (Lipinski definition) is 2. The summed E-state index contributed by atoms with van der Waals surface area (Å²) in [7, 11) is 0. The number of benzene rings is 2. The van der Waals surface area contributed by atoms with Crippen LogP contribution in [0.4, 0.5) is 0 Å². The van der Waals surface area contributed by atoms with Gasteiger partial charge in [-0.2, -0.15) is 0 Å². The third-order valence-corrected chi connectivity index (χ3v) is 5.00. The Morgan fingerprint density at radius 2 is 1.71 bits per heavy atom. The minimum absolute atomic E-state index is 0.00824. The first-order valence-electron chi connectivity index (χ1n) is 9.20.